The summed E-state index contributed by atoms with van der Waals surface area (Å²) in [6, 6.07) is 3.06. The Bertz CT molecular complexity index is 435. The molecular weight excluding hydrogens is 262 g/mol. The fourth-order valence-electron chi connectivity index (χ4n) is 1.55. The highest BCUT2D eigenvalue weighted by Crippen LogP contribution is 2.20. The van der Waals surface area contributed by atoms with Crippen molar-refractivity contribution >= 4 is 21.6 Å². The van der Waals surface area contributed by atoms with Gasteiger partial charge in [-0.15, -0.1) is 11.6 Å². The summed E-state index contributed by atoms with van der Waals surface area (Å²) in [5.74, 6) is 0.648. The highest BCUT2D eigenvalue weighted by Gasteiger charge is 2.26. The van der Waals surface area contributed by atoms with Gasteiger partial charge in [-0.05, 0) is 25.0 Å². The average molecular weight is 280 g/mol. The first-order chi connectivity index (χ1) is 8.06. The quantitative estimate of drug-likeness (QED) is 0.721. The van der Waals surface area contributed by atoms with E-state index in [9.17, 15) is 8.42 Å². The zero-order valence-electron chi connectivity index (χ0n) is 10.1. The zero-order valence-corrected chi connectivity index (χ0v) is 11.7. The van der Waals surface area contributed by atoms with Crippen molar-refractivity contribution in [2.24, 2.45) is 0 Å². The van der Waals surface area contributed by atoms with E-state index in [1.807, 2.05) is 13.8 Å². The van der Waals surface area contributed by atoms with E-state index in [-0.39, 0.29) is 11.0 Å². The largest absolute Gasteiger partial charge is 0.447 e. The molecule has 0 bridgehead atoms. The van der Waals surface area contributed by atoms with Crippen LogP contribution in [0.15, 0.2) is 21.6 Å². The van der Waals surface area contributed by atoms with Crippen molar-refractivity contribution < 1.29 is 12.8 Å². The minimum absolute atomic E-state index is 0.0185. The first kappa shape index (κ1) is 14.5. The van der Waals surface area contributed by atoms with Gasteiger partial charge in [0, 0.05) is 13.1 Å². The first-order valence-corrected chi connectivity index (χ1v) is 7.68. The summed E-state index contributed by atoms with van der Waals surface area (Å²) in [7, 11) is -3.51. The van der Waals surface area contributed by atoms with Gasteiger partial charge in [-0.2, -0.15) is 4.31 Å². The lowest BCUT2D eigenvalue weighted by Gasteiger charge is -2.19. The highest BCUT2D eigenvalue weighted by atomic mass is 35.5. The molecular formula is C11H18ClNO3S. The maximum atomic E-state index is 12.2. The third-order valence-electron chi connectivity index (χ3n) is 2.31. The number of halogens is 1. The van der Waals surface area contributed by atoms with Crippen molar-refractivity contribution in [1.82, 2.24) is 4.31 Å². The van der Waals surface area contributed by atoms with Crippen molar-refractivity contribution in [2.75, 3.05) is 13.1 Å². The molecule has 0 aliphatic carbocycles. The van der Waals surface area contributed by atoms with Crippen LogP contribution in [-0.2, 0) is 15.9 Å². The third kappa shape index (κ3) is 3.47. The lowest BCUT2D eigenvalue weighted by molar-refractivity contribution is 0.370. The maximum Gasteiger partial charge on any atom is 0.276 e. The van der Waals surface area contributed by atoms with Gasteiger partial charge in [0.25, 0.3) is 10.0 Å². The summed E-state index contributed by atoms with van der Waals surface area (Å²) < 4.78 is 31.1. The summed E-state index contributed by atoms with van der Waals surface area (Å²) >= 11 is 5.59. The molecule has 0 unspecified atom stereocenters. The van der Waals surface area contributed by atoms with Crippen LogP contribution in [0.3, 0.4) is 0 Å². The molecule has 0 saturated carbocycles. The van der Waals surface area contributed by atoms with Crippen LogP contribution in [0.25, 0.3) is 0 Å². The standard InChI is InChI=1S/C11H18ClNO3S/c1-3-7-13(8-4-2)17(14,15)11-6-5-10(9-12)16-11/h5-6H,3-4,7-9H2,1-2H3. The van der Waals surface area contributed by atoms with Crippen LogP contribution in [0.4, 0.5) is 0 Å². The van der Waals surface area contributed by atoms with Gasteiger partial charge in [0.1, 0.15) is 5.76 Å². The molecule has 1 aromatic rings. The zero-order chi connectivity index (χ0) is 12.9. The van der Waals surface area contributed by atoms with Crippen molar-refractivity contribution in [1.29, 1.82) is 0 Å². The van der Waals surface area contributed by atoms with Crippen molar-refractivity contribution in [3.63, 3.8) is 0 Å². The molecule has 0 atom stereocenters. The SMILES string of the molecule is CCCN(CCC)S(=O)(=O)c1ccc(CCl)o1. The number of sulfonamides is 1. The van der Waals surface area contributed by atoms with E-state index < -0.39 is 10.0 Å². The van der Waals surface area contributed by atoms with Gasteiger partial charge in [0.2, 0.25) is 5.09 Å². The average Bonchev–Trinajstić information content (AvgIpc) is 2.78. The summed E-state index contributed by atoms with van der Waals surface area (Å²) in [6.07, 6.45) is 1.56. The smallest absolute Gasteiger partial charge is 0.276 e. The fraction of sp³-hybridized carbons (Fsp3) is 0.636. The van der Waals surface area contributed by atoms with Crippen molar-refractivity contribution in [2.45, 2.75) is 37.7 Å². The van der Waals surface area contributed by atoms with Crippen LogP contribution in [0.2, 0.25) is 0 Å². The molecule has 6 heteroatoms. The van der Waals surface area contributed by atoms with Crippen LogP contribution in [0.1, 0.15) is 32.4 Å². The highest BCUT2D eigenvalue weighted by molar-refractivity contribution is 7.89. The monoisotopic (exact) mass is 279 g/mol. The fourth-order valence-corrected chi connectivity index (χ4v) is 3.24. The van der Waals surface area contributed by atoms with E-state index in [0.29, 0.717) is 18.8 Å². The summed E-state index contributed by atoms with van der Waals surface area (Å²) in [5.41, 5.74) is 0. The second-order valence-electron chi connectivity index (χ2n) is 3.76. The van der Waals surface area contributed by atoms with Crippen LogP contribution < -0.4 is 0 Å². The Morgan fingerprint density at radius 2 is 1.82 bits per heavy atom. The van der Waals surface area contributed by atoms with Gasteiger partial charge in [0.15, 0.2) is 0 Å². The molecule has 0 aliphatic rings. The Labute approximate surface area is 108 Å². The summed E-state index contributed by atoms with van der Waals surface area (Å²) in [4.78, 5) is 0. The molecule has 98 valence electrons. The minimum Gasteiger partial charge on any atom is -0.447 e. The molecule has 0 radical (unpaired) electrons. The number of alkyl halides is 1. The van der Waals surface area contributed by atoms with Gasteiger partial charge >= 0.3 is 0 Å². The predicted molar refractivity (Wildman–Crippen MR) is 67.6 cm³/mol. The summed E-state index contributed by atoms with van der Waals surface area (Å²) in [6.45, 7) is 4.91. The van der Waals surface area contributed by atoms with Crippen LogP contribution >= 0.6 is 11.6 Å². The molecule has 1 rings (SSSR count). The molecule has 0 N–H and O–H groups in total. The van der Waals surface area contributed by atoms with Crippen molar-refractivity contribution in [3.8, 4) is 0 Å². The van der Waals surface area contributed by atoms with Crippen LogP contribution in [0, 0.1) is 0 Å². The van der Waals surface area contributed by atoms with E-state index in [4.69, 9.17) is 16.0 Å². The number of furan rings is 1. The number of nitrogens with zero attached hydrogens (tertiary/aromatic N) is 1. The lowest BCUT2D eigenvalue weighted by atomic mass is 10.4. The Morgan fingerprint density at radius 3 is 2.24 bits per heavy atom. The third-order valence-corrected chi connectivity index (χ3v) is 4.35. The van der Waals surface area contributed by atoms with Gasteiger partial charge in [-0.25, -0.2) is 8.42 Å². The molecule has 0 saturated heterocycles. The predicted octanol–water partition coefficient (Wildman–Crippen LogP) is 2.83. The van der Waals surface area contributed by atoms with Gasteiger partial charge in [-0.1, -0.05) is 13.8 Å². The van der Waals surface area contributed by atoms with Gasteiger partial charge in [-0.3, -0.25) is 0 Å². The topological polar surface area (TPSA) is 50.5 Å². The van der Waals surface area contributed by atoms with E-state index >= 15 is 0 Å². The van der Waals surface area contributed by atoms with E-state index in [0.717, 1.165) is 12.8 Å². The maximum absolute atomic E-state index is 12.2. The van der Waals surface area contributed by atoms with E-state index in [2.05, 4.69) is 0 Å². The molecule has 0 spiro atoms. The van der Waals surface area contributed by atoms with E-state index in [1.165, 1.54) is 10.4 Å². The molecule has 1 heterocycles. The Morgan fingerprint density at radius 1 is 1.24 bits per heavy atom. The Kier molecular flexibility index (Phi) is 5.49. The molecule has 0 aromatic carbocycles. The molecule has 0 fully saturated rings. The molecule has 0 amide bonds. The molecule has 0 aliphatic heterocycles. The second kappa shape index (κ2) is 6.42. The first-order valence-electron chi connectivity index (χ1n) is 5.71. The molecule has 17 heavy (non-hydrogen) atoms. The van der Waals surface area contributed by atoms with Gasteiger partial charge < -0.3 is 4.42 Å². The summed E-state index contributed by atoms with van der Waals surface area (Å²) in [5, 5.41) is -0.0185. The van der Waals surface area contributed by atoms with Crippen LogP contribution in [-0.4, -0.2) is 25.8 Å². The number of hydrogen-bond donors (Lipinski definition) is 0. The molecule has 1 aromatic heterocycles. The number of hydrogen-bond acceptors (Lipinski definition) is 3. The van der Waals surface area contributed by atoms with Crippen LogP contribution in [0.5, 0.6) is 0 Å². The number of rotatable bonds is 7. The van der Waals surface area contributed by atoms with Crippen molar-refractivity contribution in [3.05, 3.63) is 17.9 Å². The second-order valence-corrected chi connectivity index (χ2v) is 5.89. The van der Waals surface area contributed by atoms with Gasteiger partial charge in [0.05, 0.1) is 5.88 Å². The minimum atomic E-state index is -3.51. The Hall–Kier alpha value is -0.520. The lowest BCUT2D eigenvalue weighted by Crippen LogP contribution is -2.32. The molecule has 4 nitrogen and oxygen atoms in total. The Balaban J connectivity index is 2.98. The normalized spacial score (nSPS) is 12.2. The van der Waals surface area contributed by atoms with E-state index in [1.54, 1.807) is 6.07 Å².